The summed E-state index contributed by atoms with van der Waals surface area (Å²) in [6, 6.07) is 12.9. The molecule has 0 radical (unpaired) electrons. The summed E-state index contributed by atoms with van der Waals surface area (Å²) in [7, 11) is 0. The molecule has 0 heterocycles. The minimum Gasteiger partial charge on any atom is -0.406 e. The molecular weight excluding hydrogens is 303 g/mol. The molecule has 1 N–H and O–H groups in total. The molecule has 0 spiro atoms. The fourth-order valence-corrected chi connectivity index (χ4v) is 2.21. The first-order valence-corrected chi connectivity index (χ1v) is 6.60. The van der Waals surface area contributed by atoms with Crippen molar-refractivity contribution in [2.45, 2.75) is 19.3 Å². The van der Waals surface area contributed by atoms with Crippen molar-refractivity contribution in [3.63, 3.8) is 0 Å². The third-order valence-electron chi connectivity index (χ3n) is 2.84. The molecule has 0 aliphatic rings. The lowest BCUT2D eigenvalue weighted by atomic mass is 10.1. The fourth-order valence-electron chi connectivity index (χ4n) is 1.91. The van der Waals surface area contributed by atoms with E-state index < -0.39 is 6.36 Å². The van der Waals surface area contributed by atoms with Gasteiger partial charge in [-0.3, -0.25) is 0 Å². The van der Waals surface area contributed by atoms with E-state index in [0.717, 1.165) is 5.56 Å². The van der Waals surface area contributed by atoms with Gasteiger partial charge in [0.2, 0.25) is 0 Å². The standard InChI is InChI=1S/C15H13ClF3NO/c1-10(13-4-2-3-5-14(13)16)20-11-6-8-12(9-7-11)21-15(17,18)19/h2-10,20H,1H3. The molecule has 0 bridgehead atoms. The zero-order valence-electron chi connectivity index (χ0n) is 11.1. The van der Waals surface area contributed by atoms with Crippen LogP contribution in [-0.4, -0.2) is 6.36 Å². The van der Waals surface area contributed by atoms with Gasteiger partial charge in [-0.25, -0.2) is 0 Å². The van der Waals surface area contributed by atoms with Gasteiger partial charge in [0.1, 0.15) is 5.75 Å². The van der Waals surface area contributed by atoms with Gasteiger partial charge in [-0.15, -0.1) is 13.2 Å². The Balaban J connectivity index is 2.05. The van der Waals surface area contributed by atoms with E-state index in [1.165, 1.54) is 24.3 Å². The molecule has 0 saturated heterocycles. The Morgan fingerprint density at radius 3 is 2.24 bits per heavy atom. The van der Waals surface area contributed by atoms with E-state index in [2.05, 4.69) is 10.1 Å². The van der Waals surface area contributed by atoms with Crippen LogP contribution in [0.15, 0.2) is 48.5 Å². The molecule has 0 aliphatic carbocycles. The minimum atomic E-state index is -4.68. The number of benzene rings is 2. The van der Waals surface area contributed by atoms with Crippen molar-refractivity contribution in [3.8, 4) is 5.75 Å². The average Bonchev–Trinajstić information content (AvgIpc) is 2.40. The SMILES string of the molecule is CC(Nc1ccc(OC(F)(F)F)cc1)c1ccccc1Cl. The lowest BCUT2D eigenvalue weighted by molar-refractivity contribution is -0.274. The second-order valence-corrected chi connectivity index (χ2v) is 4.87. The Labute approximate surface area is 125 Å². The van der Waals surface area contributed by atoms with Crippen molar-refractivity contribution in [2.75, 3.05) is 5.32 Å². The molecule has 1 atom stereocenters. The van der Waals surface area contributed by atoms with E-state index in [4.69, 9.17) is 11.6 Å². The number of anilines is 1. The Hall–Kier alpha value is -1.88. The molecule has 2 aromatic carbocycles. The first-order chi connectivity index (χ1) is 9.85. The van der Waals surface area contributed by atoms with Gasteiger partial charge < -0.3 is 10.1 Å². The highest BCUT2D eigenvalue weighted by Crippen LogP contribution is 2.28. The van der Waals surface area contributed by atoms with Gasteiger partial charge in [0, 0.05) is 16.8 Å². The Kier molecular flexibility index (Phi) is 4.63. The lowest BCUT2D eigenvalue weighted by Crippen LogP contribution is -2.17. The largest absolute Gasteiger partial charge is 0.573 e. The molecule has 2 nitrogen and oxygen atoms in total. The molecule has 0 aromatic heterocycles. The summed E-state index contributed by atoms with van der Waals surface area (Å²) in [4.78, 5) is 0. The van der Waals surface area contributed by atoms with Crippen LogP contribution in [-0.2, 0) is 0 Å². The smallest absolute Gasteiger partial charge is 0.406 e. The molecule has 0 aliphatic heterocycles. The topological polar surface area (TPSA) is 21.3 Å². The molecule has 0 saturated carbocycles. The molecule has 0 fully saturated rings. The lowest BCUT2D eigenvalue weighted by Gasteiger charge is -2.17. The van der Waals surface area contributed by atoms with E-state index >= 15 is 0 Å². The van der Waals surface area contributed by atoms with Crippen molar-refractivity contribution in [1.29, 1.82) is 0 Å². The summed E-state index contributed by atoms with van der Waals surface area (Å²) in [5.41, 5.74) is 1.59. The number of halogens is 4. The zero-order chi connectivity index (χ0) is 15.5. The van der Waals surface area contributed by atoms with Crippen molar-refractivity contribution in [3.05, 3.63) is 59.1 Å². The van der Waals surface area contributed by atoms with Crippen LogP contribution < -0.4 is 10.1 Å². The summed E-state index contributed by atoms with van der Waals surface area (Å²) < 4.78 is 40.0. The number of nitrogens with one attached hydrogen (secondary N) is 1. The quantitative estimate of drug-likeness (QED) is 0.814. The average molecular weight is 316 g/mol. The normalized spacial score (nSPS) is 12.8. The molecule has 6 heteroatoms. The third kappa shape index (κ3) is 4.56. The second-order valence-electron chi connectivity index (χ2n) is 4.46. The monoisotopic (exact) mass is 315 g/mol. The molecule has 21 heavy (non-hydrogen) atoms. The van der Waals surface area contributed by atoms with Crippen LogP contribution in [0.5, 0.6) is 5.75 Å². The van der Waals surface area contributed by atoms with Crippen LogP contribution in [0, 0.1) is 0 Å². The first-order valence-electron chi connectivity index (χ1n) is 6.22. The molecular formula is C15H13ClF3NO. The van der Waals surface area contributed by atoms with Crippen molar-refractivity contribution in [1.82, 2.24) is 0 Å². The predicted octanol–water partition coefficient (Wildman–Crippen LogP) is 5.41. The van der Waals surface area contributed by atoms with E-state index in [0.29, 0.717) is 10.7 Å². The number of hydrogen-bond acceptors (Lipinski definition) is 2. The minimum absolute atomic E-state index is 0.0758. The highest BCUT2D eigenvalue weighted by atomic mass is 35.5. The van der Waals surface area contributed by atoms with Gasteiger partial charge in [-0.2, -0.15) is 0 Å². The Bertz CT molecular complexity index is 599. The number of rotatable bonds is 4. The van der Waals surface area contributed by atoms with Crippen molar-refractivity contribution in [2.24, 2.45) is 0 Å². The van der Waals surface area contributed by atoms with Gasteiger partial charge in [0.15, 0.2) is 0 Å². The summed E-state index contributed by atoms with van der Waals surface area (Å²) in [5, 5.41) is 3.80. The summed E-state index contributed by atoms with van der Waals surface area (Å²) in [6.45, 7) is 1.92. The van der Waals surface area contributed by atoms with Crippen molar-refractivity contribution >= 4 is 17.3 Å². The van der Waals surface area contributed by atoms with E-state index in [1.54, 1.807) is 6.07 Å². The highest BCUT2D eigenvalue weighted by molar-refractivity contribution is 6.31. The van der Waals surface area contributed by atoms with E-state index in [-0.39, 0.29) is 11.8 Å². The van der Waals surface area contributed by atoms with E-state index in [1.807, 2.05) is 25.1 Å². The second kappa shape index (κ2) is 6.26. The maximum Gasteiger partial charge on any atom is 0.573 e. The van der Waals surface area contributed by atoms with Crippen LogP contribution in [0.2, 0.25) is 5.02 Å². The number of ether oxygens (including phenoxy) is 1. The molecule has 112 valence electrons. The van der Waals surface area contributed by atoms with Crippen LogP contribution in [0.25, 0.3) is 0 Å². The first kappa shape index (κ1) is 15.5. The molecule has 2 rings (SSSR count). The summed E-state index contributed by atoms with van der Waals surface area (Å²) in [6.07, 6.45) is -4.68. The van der Waals surface area contributed by atoms with Crippen LogP contribution >= 0.6 is 11.6 Å². The van der Waals surface area contributed by atoms with Crippen molar-refractivity contribution < 1.29 is 17.9 Å². The predicted molar refractivity (Wildman–Crippen MR) is 76.6 cm³/mol. The highest BCUT2D eigenvalue weighted by Gasteiger charge is 2.30. The van der Waals surface area contributed by atoms with Crippen LogP contribution in [0.4, 0.5) is 18.9 Å². The summed E-state index contributed by atoms with van der Waals surface area (Å²) >= 11 is 6.10. The number of hydrogen-bond donors (Lipinski definition) is 1. The third-order valence-corrected chi connectivity index (χ3v) is 3.19. The van der Waals surface area contributed by atoms with E-state index in [9.17, 15) is 13.2 Å². The Morgan fingerprint density at radius 1 is 1.05 bits per heavy atom. The molecule has 2 aromatic rings. The van der Waals surface area contributed by atoms with Gasteiger partial charge in [-0.1, -0.05) is 29.8 Å². The zero-order valence-corrected chi connectivity index (χ0v) is 11.9. The summed E-state index contributed by atoms with van der Waals surface area (Å²) in [5.74, 6) is -0.251. The van der Waals surface area contributed by atoms with Gasteiger partial charge >= 0.3 is 6.36 Å². The maximum absolute atomic E-state index is 12.1. The van der Waals surface area contributed by atoms with Gasteiger partial charge in [-0.05, 0) is 42.8 Å². The van der Waals surface area contributed by atoms with Gasteiger partial charge in [0.05, 0.1) is 0 Å². The van der Waals surface area contributed by atoms with Crippen LogP contribution in [0.1, 0.15) is 18.5 Å². The fraction of sp³-hybridized carbons (Fsp3) is 0.200. The molecule has 1 unspecified atom stereocenters. The van der Waals surface area contributed by atoms with Crippen LogP contribution in [0.3, 0.4) is 0 Å². The molecule has 0 amide bonds. The van der Waals surface area contributed by atoms with Gasteiger partial charge in [0.25, 0.3) is 0 Å². The Morgan fingerprint density at radius 2 is 1.67 bits per heavy atom. The number of alkyl halides is 3. The maximum atomic E-state index is 12.1.